The van der Waals surface area contributed by atoms with Crippen LogP contribution < -0.4 is 0 Å². The van der Waals surface area contributed by atoms with Crippen molar-refractivity contribution in [1.29, 1.82) is 0 Å². The SMILES string of the molecule is COC(C(O)Cc1ccc(C)cc1)C(C)(C)C. The smallest absolute Gasteiger partial charge is 0.0881 e. The van der Waals surface area contributed by atoms with Crippen molar-refractivity contribution in [3.63, 3.8) is 0 Å². The minimum Gasteiger partial charge on any atom is -0.390 e. The molecule has 0 aliphatic heterocycles. The van der Waals surface area contributed by atoms with E-state index >= 15 is 0 Å². The lowest BCUT2D eigenvalue weighted by Crippen LogP contribution is -2.40. The molecule has 2 nitrogen and oxygen atoms in total. The van der Waals surface area contributed by atoms with Gasteiger partial charge in [-0.25, -0.2) is 0 Å². The molecule has 0 amide bonds. The first-order valence-corrected chi connectivity index (χ1v) is 6.11. The number of aliphatic hydroxyl groups is 1. The van der Waals surface area contributed by atoms with Gasteiger partial charge < -0.3 is 9.84 Å². The summed E-state index contributed by atoms with van der Waals surface area (Å²) >= 11 is 0. The third-order valence-electron chi connectivity index (χ3n) is 3.02. The summed E-state index contributed by atoms with van der Waals surface area (Å²) in [4.78, 5) is 0. The number of rotatable bonds is 4. The molecule has 0 aromatic heterocycles. The molecule has 2 heteroatoms. The van der Waals surface area contributed by atoms with Crippen LogP contribution in [0.2, 0.25) is 0 Å². The zero-order valence-electron chi connectivity index (χ0n) is 11.5. The number of ether oxygens (including phenoxy) is 1. The van der Waals surface area contributed by atoms with Crippen LogP contribution in [0, 0.1) is 12.3 Å². The van der Waals surface area contributed by atoms with Gasteiger partial charge in [0.2, 0.25) is 0 Å². The molecule has 0 saturated carbocycles. The minimum atomic E-state index is -0.470. The largest absolute Gasteiger partial charge is 0.390 e. The van der Waals surface area contributed by atoms with Crippen LogP contribution in [-0.4, -0.2) is 24.4 Å². The fourth-order valence-electron chi connectivity index (χ4n) is 2.16. The van der Waals surface area contributed by atoms with E-state index in [1.54, 1.807) is 7.11 Å². The van der Waals surface area contributed by atoms with Crippen molar-refractivity contribution in [1.82, 2.24) is 0 Å². The number of hydrogen-bond acceptors (Lipinski definition) is 2. The monoisotopic (exact) mass is 236 g/mol. The predicted molar refractivity (Wildman–Crippen MR) is 71.1 cm³/mol. The van der Waals surface area contributed by atoms with E-state index in [4.69, 9.17) is 4.74 Å². The van der Waals surface area contributed by atoms with Gasteiger partial charge >= 0.3 is 0 Å². The number of aryl methyl sites for hydroxylation is 1. The van der Waals surface area contributed by atoms with E-state index in [9.17, 15) is 5.11 Å². The van der Waals surface area contributed by atoms with Gasteiger partial charge in [-0.15, -0.1) is 0 Å². The van der Waals surface area contributed by atoms with Crippen LogP contribution in [-0.2, 0) is 11.2 Å². The molecule has 0 saturated heterocycles. The standard InChI is InChI=1S/C15H24O2/c1-11-6-8-12(9-7-11)10-13(16)14(17-5)15(2,3)4/h6-9,13-14,16H,10H2,1-5H3. The molecule has 0 spiro atoms. The van der Waals surface area contributed by atoms with Crippen molar-refractivity contribution in [3.8, 4) is 0 Å². The lowest BCUT2D eigenvalue weighted by molar-refractivity contribution is -0.0699. The Morgan fingerprint density at radius 3 is 2.12 bits per heavy atom. The van der Waals surface area contributed by atoms with E-state index in [-0.39, 0.29) is 11.5 Å². The molecule has 2 unspecified atom stereocenters. The van der Waals surface area contributed by atoms with E-state index in [2.05, 4.69) is 52.0 Å². The van der Waals surface area contributed by atoms with Crippen LogP contribution >= 0.6 is 0 Å². The van der Waals surface area contributed by atoms with Gasteiger partial charge in [0.05, 0.1) is 12.2 Å². The topological polar surface area (TPSA) is 29.5 Å². The molecule has 0 heterocycles. The fourth-order valence-corrected chi connectivity index (χ4v) is 2.16. The van der Waals surface area contributed by atoms with Gasteiger partial charge in [-0.1, -0.05) is 50.6 Å². The first-order valence-electron chi connectivity index (χ1n) is 6.11. The Bertz CT molecular complexity index is 335. The van der Waals surface area contributed by atoms with E-state index in [1.807, 2.05) is 0 Å². The van der Waals surface area contributed by atoms with Crippen molar-refractivity contribution < 1.29 is 9.84 Å². The van der Waals surface area contributed by atoms with Gasteiger partial charge in [0.25, 0.3) is 0 Å². The lowest BCUT2D eigenvalue weighted by Gasteiger charge is -2.33. The quantitative estimate of drug-likeness (QED) is 0.871. The van der Waals surface area contributed by atoms with E-state index in [1.165, 1.54) is 5.56 Å². The van der Waals surface area contributed by atoms with Crippen LogP contribution in [0.3, 0.4) is 0 Å². The zero-order chi connectivity index (χ0) is 13.1. The first-order chi connectivity index (χ1) is 7.84. The van der Waals surface area contributed by atoms with Gasteiger partial charge in [0.15, 0.2) is 0 Å². The molecule has 0 bridgehead atoms. The highest BCUT2D eigenvalue weighted by Gasteiger charge is 2.31. The van der Waals surface area contributed by atoms with Crippen LogP contribution in [0.15, 0.2) is 24.3 Å². The molecule has 1 aromatic rings. The second-order valence-corrected chi connectivity index (χ2v) is 5.78. The van der Waals surface area contributed by atoms with E-state index < -0.39 is 6.10 Å². The van der Waals surface area contributed by atoms with Crippen molar-refractivity contribution in [2.24, 2.45) is 5.41 Å². The molecular formula is C15H24O2. The fraction of sp³-hybridized carbons (Fsp3) is 0.600. The molecule has 1 aromatic carbocycles. The normalized spacial score (nSPS) is 15.6. The Kier molecular flexibility index (Phi) is 4.72. The summed E-state index contributed by atoms with van der Waals surface area (Å²) in [5.74, 6) is 0. The summed E-state index contributed by atoms with van der Waals surface area (Å²) in [6, 6.07) is 8.27. The Hall–Kier alpha value is -0.860. The number of aliphatic hydroxyl groups excluding tert-OH is 1. The first kappa shape index (κ1) is 14.2. The summed E-state index contributed by atoms with van der Waals surface area (Å²) in [6.07, 6.45) is 0.0160. The van der Waals surface area contributed by atoms with E-state index in [0.717, 1.165) is 5.56 Å². The van der Waals surface area contributed by atoms with Gasteiger partial charge in [0, 0.05) is 13.5 Å². The highest BCUT2D eigenvalue weighted by atomic mass is 16.5. The Morgan fingerprint density at radius 1 is 1.18 bits per heavy atom. The Balaban J connectivity index is 2.70. The highest BCUT2D eigenvalue weighted by Crippen LogP contribution is 2.26. The van der Waals surface area contributed by atoms with Crippen molar-refractivity contribution >= 4 is 0 Å². The number of hydrogen-bond donors (Lipinski definition) is 1. The summed E-state index contributed by atoms with van der Waals surface area (Å²) in [7, 11) is 1.66. The van der Waals surface area contributed by atoms with Gasteiger partial charge in [-0.05, 0) is 17.9 Å². The molecule has 0 radical (unpaired) electrons. The average molecular weight is 236 g/mol. The van der Waals surface area contributed by atoms with Crippen LogP contribution in [0.1, 0.15) is 31.9 Å². The molecule has 96 valence electrons. The highest BCUT2D eigenvalue weighted by molar-refractivity contribution is 5.22. The van der Waals surface area contributed by atoms with Crippen molar-refractivity contribution in [3.05, 3.63) is 35.4 Å². The van der Waals surface area contributed by atoms with Crippen LogP contribution in [0.5, 0.6) is 0 Å². The Morgan fingerprint density at radius 2 is 1.71 bits per heavy atom. The lowest BCUT2D eigenvalue weighted by atomic mass is 9.84. The predicted octanol–water partition coefficient (Wildman–Crippen LogP) is 2.96. The van der Waals surface area contributed by atoms with Gasteiger partial charge in [0.1, 0.15) is 0 Å². The number of methoxy groups -OCH3 is 1. The second-order valence-electron chi connectivity index (χ2n) is 5.78. The van der Waals surface area contributed by atoms with Gasteiger partial charge in [-0.3, -0.25) is 0 Å². The average Bonchev–Trinajstić information content (AvgIpc) is 2.20. The maximum Gasteiger partial charge on any atom is 0.0881 e. The summed E-state index contributed by atoms with van der Waals surface area (Å²) in [5.41, 5.74) is 2.33. The molecule has 17 heavy (non-hydrogen) atoms. The Labute approximate surface area is 105 Å². The summed E-state index contributed by atoms with van der Waals surface area (Å²) in [6.45, 7) is 8.31. The molecular weight excluding hydrogens is 212 g/mol. The third-order valence-corrected chi connectivity index (χ3v) is 3.02. The number of benzene rings is 1. The molecule has 0 fully saturated rings. The van der Waals surface area contributed by atoms with Crippen LogP contribution in [0.25, 0.3) is 0 Å². The maximum atomic E-state index is 10.2. The summed E-state index contributed by atoms with van der Waals surface area (Å²) in [5, 5.41) is 10.2. The summed E-state index contributed by atoms with van der Waals surface area (Å²) < 4.78 is 5.42. The zero-order valence-corrected chi connectivity index (χ0v) is 11.5. The van der Waals surface area contributed by atoms with Crippen molar-refractivity contribution in [2.45, 2.75) is 46.3 Å². The maximum absolute atomic E-state index is 10.2. The van der Waals surface area contributed by atoms with Crippen molar-refractivity contribution in [2.75, 3.05) is 7.11 Å². The van der Waals surface area contributed by atoms with Gasteiger partial charge in [-0.2, -0.15) is 0 Å². The molecule has 1 N–H and O–H groups in total. The molecule has 0 aliphatic rings. The molecule has 2 atom stereocenters. The van der Waals surface area contributed by atoms with Crippen LogP contribution in [0.4, 0.5) is 0 Å². The third kappa shape index (κ3) is 4.14. The molecule has 1 rings (SSSR count). The van der Waals surface area contributed by atoms with E-state index in [0.29, 0.717) is 6.42 Å². The second kappa shape index (κ2) is 5.65. The minimum absolute atomic E-state index is 0.0567. The molecule has 0 aliphatic carbocycles.